The van der Waals surface area contributed by atoms with Gasteiger partial charge in [-0.3, -0.25) is 10.1 Å². The van der Waals surface area contributed by atoms with Gasteiger partial charge in [-0.05, 0) is 45.7 Å². The predicted octanol–water partition coefficient (Wildman–Crippen LogP) is 4.17. The van der Waals surface area contributed by atoms with E-state index in [9.17, 15) is 10.1 Å². The SMILES string of the molecule is COC(C)(C)CC(C)Nc1cc(Cl)c([N+](=O)[O-])cc1C. The summed E-state index contributed by atoms with van der Waals surface area (Å²) in [6, 6.07) is 3.24. The lowest BCUT2D eigenvalue weighted by Crippen LogP contribution is -2.31. The van der Waals surface area contributed by atoms with Gasteiger partial charge in [0.1, 0.15) is 5.02 Å². The Bertz CT molecular complexity index is 503. The fourth-order valence-electron chi connectivity index (χ4n) is 2.10. The van der Waals surface area contributed by atoms with E-state index in [4.69, 9.17) is 16.3 Å². The molecule has 0 radical (unpaired) electrons. The summed E-state index contributed by atoms with van der Waals surface area (Å²) in [5.74, 6) is 0. The second-order valence-corrected chi connectivity index (χ2v) is 6.00. The number of rotatable bonds is 6. The van der Waals surface area contributed by atoms with Crippen LogP contribution in [-0.2, 0) is 4.74 Å². The number of nitrogens with zero attached hydrogens (tertiary/aromatic N) is 1. The number of nitrogens with one attached hydrogen (secondary N) is 1. The third-order valence-electron chi connectivity index (χ3n) is 3.24. The standard InChI is InChI=1S/C14H21ClN2O3/c1-9-6-13(17(18)19)11(15)7-12(9)16-10(2)8-14(3,4)20-5/h6-7,10,16H,8H2,1-5H3. The number of ether oxygens (including phenoxy) is 1. The van der Waals surface area contributed by atoms with Gasteiger partial charge >= 0.3 is 0 Å². The van der Waals surface area contributed by atoms with Crippen molar-refractivity contribution >= 4 is 23.0 Å². The van der Waals surface area contributed by atoms with Crippen LogP contribution in [0.1, 0.15) is 32.8 Å². The van der Waals surface area contributed by atoms with Crippen LogP contribution in [0.25, 0.3) is 0 Å². The van der Waals surface area contributed by atoms with Crippen molar-refractivity contribution in [3.05, 3.63) is 32.8 Å². The maximum Gasteiger partial charge on any atom is 0.288 e. The van der Waals surface area contributed by atoms with E-state index in [0.717, 1.165) is 17.7 Å². The van der Waals surface area contributed by atoms with Gasteiger partial charge in [0.2, 0.25) is 0 Å². The van der Waals surface area contributed by atoms with Crippen molar-refractivity contribution in [2.24, 2.45) is 0 Å². The van der Waals surface area contributed by atoms with E-state index in [0.29, 0.717) is 0 Å². The Morgan fingerprint density at radius 1 is 1.50 bits per heavy atom. The molecule has 1 aromatic carbocycles. The highest BCUT2D eigenvalue weighted by molar-refractivity contribution is 6.33. The van der Waals surface area contributed by atoms with Gasteiger partial charge in [-0.1, -0.05) is 11.6 Å². The van der Waals surface area contributed by atoms with Crippen LogP contribution in [0.15, 0.2) is 12.1 Å². The molecule has 1 rings (SSSR count). The molecular formula is C14H21ClN2O3. The van der Waals surface area contributed by atoms with Crippen LogP contribution in [0.5, 0.6) is 0 Å². The minimum atomic E-state index is -0.476. The van der Waals surface area contributed by atoms with Crippen LogP contribution in [-0.4, -0.2) is 23.7 Å². The number of nitro groups is 1. The normalized spacial score (nSPS) is 13.1. The molecule has 0 aliphatic heterocycles. The number of methoxy groups -OCH3 is 1. The van der Waals surface area contributed by atoms with Gasteiger partial charge in [0.25, 0.3) is 5.69 Å². The number of nitro benzene ring substituents is 1. The molecule has 0 amide bonds. The molecule has 0 aliphatic carbocycles. The Morgan fingerprint density at radius 3 is 2.60 bits per heavy atom. The number of anilines is 1. The Hall–Kier alpha value is -1.33. The number of aryl methyl sites for hydroxylation is 1. The summed E-state index contributed by atoms with van der Waals surface area (Å²) in [4.78, 5) is 10.3. The second kappa shape index (κ2) is 6.41. The van der Waals surface area contributed by atoms with Crippen molar-refractivity contribution < 1.29 is 9.66 Å². The second-order valence-electron chi connectivity index (χ2n) is 5.59. The molecule has 0 saturated heterocycles. The molecule has 1 atom stereocenters. The van der Waals surface area contributed by atoms with Crippen LogP contribution in [0.4, 0.5) is 11.4 Å². The Balaban J connectivity index is 2.88. The van der Waals surface area contributed by atoms with Crippen LogP contribution in [0, 0.1) is 17.0 Å². The van der Waals surface area contributed by atoms with Crippen molar-refractivity contribution in [1.29, 1.82) is 0 Å². The summed E-state index contributed by atoms with van der Waals surface area (Å²) in [5, 5.41) is 14.3. The van der Waals surface area contributed by atoms with Gasteiger partial charge in [0.05, 0.1) is 10.5 Å². The predicted molar refractivity (Wildman–Crippen MR) is 81.6 cm³/mol. The van der Waals surface area contributed by atoms with Crippen LogP contribution in [0.2, 0.25) is 5.02 Å². The lowest BCUT2D eigenvalue weighted by atomic mass is 9.99. The monoisotopic (exact) mass is 300 g/mol. The first-order chi connectivity index (χ1) is 9.16. The molecule has 112 valence electrons. The quantitative estimate of drug-likeness (QED) is 0.632. The third kappa shape index (κ3) is 4.35. The average Bonchev–Trinajstić information content (AvgIpc) is 2.32. The summed E-state index contributed by atoms with van der Waals surface area (Å²) in [6.07, 6.45) is 0.803. The van der Waals surface area contributed by atoms with Crippen LogP contribution in [0.3, 0.4) is 0 Å². The number of halogens is 1. The molecule has 0 aliphatic rings. The molecule has 1 aromatic rings. The minimum Gasteiger partial charge on any atom is -0.382 e. The van der Waals surface area contributed by atoms with Crippen molar-refractivity contribution in [2.75, 3.05) is 12.4 Å². The number of benzene rings is 1. The highest BCUT2D eigenvalue weighted by Crippen LogP contribution is 2.31. The van der Waals surface area contributed by atoms with E-state index in [1.807, 2.05) is 27.7 Å². The molecule has 0 aromatic heterocycles. The molecule has 0 fully saturated rings. The number of hydrogen-bond donors (Lipinski definition) is 1. The van der Waals surface area contributed by atoms with E-state index in [2.05, 4.69) is 5.32 Å². The first kappa shape index (κ1) is 16.7. The molecule has 20 heavy (non-hydrogen) atoms. The topological polar surface area (TPSA) is 64.4 Å². The van der Waals surface area contributed by atoms with E-state index in [-0.39, 0.29) is 22.4 Å². The molecule has 6 heteroatoms. The first-order valence-corrected chi connectivity index (χ1v) is 6.80. The van der Waals surface area contributed by atoms with Crippen molar-refractivity contribution in [2.45, 2.75) is 45.8 Å². The molecule has 0 saturated carbocycles. The van der Waals surface area contributed by atoms with Gasteiger partial charge < -0.3 is 10.1 Å². The van der Waals surface area contributed by atoms with Gasteiger partial charge in [-0.15, -0.1) is 0 Å². The maximum atomic E-state index is 10.8. The zero-order valence-electron chi connectivity index (χ0n) is 12.5. The molecular weight excluding hydrogens is 280 g/mol. The van der Waals surface area contributed by atoms with Crippen LogP contribution < -0.4 is 5.32 Å². The highest BCUT2D eigenvalue weighted by atomic mass is 35.5. The lowest BCUT2D eigenvalue weighted by molar-refractivity contribution is -0.384. The molecule has 0 heterocycles. The summed E-state index contributed by atoms with van der Waals surface area (Å²) in [7, 11) is 1.68. The summed E-state index contributed by atoms with van der Waals surface area (Å²) >= 11 is 5.93. The fraction of sp³-hybridized carbons (Fsp3) is 0.571. The van der Waals surface area contributed by atoms with E-state index in [1.54, 1.807) is 13.2 Å². The molecule has 5 nitrogen and oxygen atoms in total. The van der Waals surface area contributed by atoms with Gasteiger partial charge in [-0.25, -0.2) is 0 Å². The Morgan fingerprint density at radius 2 is 2.10 bits per heavy atom. The maximum absolute atomic E-state index is 10.8. The van der Waals surface area contributed by atoms with Crippen molar-refractivity contribution in [3.63, 3.8) is 0 Å². The zero-order chi connectivity index (χ0) is 15.5. The smallest absolute Gasteiger partial charge is 0.288 e. The zero-order valence-corrected chi connectivity index (χ0v) is 13.2. The average molecular weight is 301 g/mol. The minimum absolute atomic E-state index is 0.0698. The highest BCUT2D eigenvalue weighted by Gasteiger charge is 2.21. The Labute approximate surface area is 124 Å². The molecule has 1 N–H and O–H groups in total. The summed E-state index contributed by atoms with van der Waals surface area (Å²) < 4.78 is 5.40. The van der Waals surface area contributed by atoms with E-state index >= 15 is 0 Å². The molecule has 1 unspecified atom stereocenters. The van der Waals surface area contributed by atoms with Crippen molar-refractivity contribution in [3.8, 4) is 0 Å². The first-order valence-electron chi connectivity index (χ1n) is 6.42. The largest absolute Gasteiger partial charge is 0.382 e. The van der Waals surface area contributed by atoms with Gasteiger partial charge in [0, 0.05) is 24.9 Å². The molecule has 0 bridgehead atoms. The lowest BCUT2D eigenvalue weighted by Gasteiger charge is -2.28. The number of hydrogen-bond acceptors (Lipinski definition) is 4. The summed E-state index contributed by atoms with van der Waals surface area (Å²) in [5.41, 5.74) is 1.30. The third-order valence-corrected chi connectivity index (χ3v) is 3.55. The summed E-state index contributed by atoms with van der Waals surface area (Å²) in [6.45, 7) is 7.89. The van der Waals surface area contributed by atoms with Crippen molar-refractivity contribution in [1.82, 2.24) is 0 Å². The molecule has 0 spiro atoms. The van der Waals surface area contributed by atoms with Gasteiger partial charge in [-0.2, -0.15) is 0 Å². The van der Waals surface area contributed by atoms with E-state index in [1.165, 1.54) is 6.07 Å². The van der Waals surface area contributed by atoms with E-state index < -0.39 is 4.92 Å². The van der Waals surface area contributed by atoms with Gasteiger partial charge in [0.15, 0.2) is 0 Å². The Kier molecular flexibility index (Phi) is 5.36. The van der Waals surface area contributed by atoms with Crippen LogP contribution >= 0.6 is 11.6 Å². The fourth-order valence-corrected chi connectivity index (χ4v) is 2.33.